The van der Waals surface area contributed by atoms with Gasteiger partial charge in [-0.15, -0.1) is 11.3 Å². The summed E-state index contributed by atoms with van der Waals surface area (Å²) in [5.74, 6) is 2.06. The summed E-state index contributed by atoms with van der Waals surface area (Å²) in [5, 5.41) is 12.0. The Morgan fingerprint density at radius 1 is 1.04 bits per heavy atom. The zero-order chi connectivity index (χ0) is 17.1. The molecule has 0 saturated carbocycles. The van der Waals surface area contributed by atoms with Crippen molar-refractivity contribution in [2.24, 2.45) is 0 Å². The van der Waals surface area contributed by atoms with Crippen LogP contribution in [0.25, 0.3) is 34.4 Å². The Hall–Kier alpha value is -3.36. The van der Waals surface area contributed by atoms with Crippen molar-refractivity contribution in [3.8, 4) is 28.8 Å². The second-order valence-corrected chi connectivity index (χ2v) is 6.11. The standard InChI is InChI=1S/C20H12N2O2S/c21-12-15(20-22-17(13-25-20)19-7-4-10-23-19)11-16-8-9-18(24-16)14-5-2-1-3-6-14/h1-11,13H/b15-11+. The van der Waals surface area contributed by atoms with Crippen molar-refractivity contribution in [2.45, 2.75) is 0 Å². The fourth-order valence-electron chi connectivity index (χ4n) is 2.41. The molecule has 25 heavy (non-hydrogen) atoms. The predicted molar refractivity (Wildman–Crippen MR) is 97.4 cm³/mol. The molecule has 0 aliphatic rings. The number of thiazole rings is 1. The number of hydrogen-bond acceptors (Lipinski definition) is 5. The van der Waals surface area contributed by atoms with Gasteiger partial charge in [-0.2, -0.15) is 5.26 Å². The van der Waals surface area contributed by atoms with Crippen molar-refractivity contribution in [3.63, 3.8) is 0 Å². The molecule has 3 aromatic heterocycles. The van der Waals surface area contributed by atoms with E-state index in [0.29, 0.717) is 22.1 Å². The van der Waals surface area contributed by atoms with E-state index >= 15 is 0 Å². The number of hydrogen-bond donors (Lipinski definition) is 0. The SMILES string of the molecule is N#C/C(=C\c1ccc(-c2ccccc2)o1)c1nc(-c2ccco2)cs1. The maximum absolute atomic E-state index is 9.49. The van der Waals surface area contributed by atoms with Crippen molar-refractivity contribution in [1.29, 1.82) is 5.26 Å². The zero-order valence-electron chi connectivity index (χ0n) is 13.0. The zero-order valence-corrected chi connectivity index (χ0v) is 13.9. The molecule has 0 aliphatic carbocycles. The van der Waals surface area contributed by atoms with Gasteiger partial charge in [0.05, 0.1) is 11.8 Å². The minimum atomic E-state index is 0.455. The van der Waals surface area contributed by atoms with Gasteiger partial charge in [0.15, 0.2) is 5.76 Å². The first kappa shape index (κ1) is 15.2. The fraction of sp³-hybridized carbons (Fsp3) is 0. The van der Waals surface area contributed by atoms with E-state index in [9.17, 15) is 5.26 Å². The van der Waals surface area contributed by atoms with Crippen LogP contribution in [0.3, 0.4) is 0 Å². The average Bonchev–Trinajstić information content (AvgIpc) is 3.41. The molecule has 120 valence electrons. The van der Waals surface area contributed by atoms with Crippen LogP contribution in [-0.2, 0) is 0 Å². The first-order valence-corrected chi connectivity index (χ1v) is 8.48. The summed E-state index contributed by atoms with van der Waals surface area (Å²) in [7, 11) is 0. The minimum absolute atomic E-state index is 0.455. The molecule has 0 bridgehead atoms. The molecule has 4 aromatic rings. The smallest absolute Gasteiger partial charge is 0.153 e. The van der Waals surface area contributed by atoms with Crippen LogP contribution >= 0.6 is 11.3 Å². The van der Waals surface area contributed by atoms with E-state index < -0.39 is 0 Å². The maximum atomic E-state index is 9.49. The molecule has 0 fully saturated rings. The van der Waals surface area contributed by atoms with E-state index in [1.807, 2.05) is 60.0 Å². The third kappa shape index (κ3) is 3.16. The van der Waals surface area contributed by atoms with Gasteiger partial charge in [-0.1, -0.05) is 30.3 Å². The van der Waals surface area contributed by atoms with Gasteiger partial charge in [0, 0.05) is 17.0 Å². The lowest BCUT2D eigenvalue weighted by Crippen LogP contribution is -1.81. The highest BCUT2D eigenvalue weighted by molar-refractivity contribution is 7.11. The normalized spacial score (nSPS) is 11.4. The molecule has 3 heterocycles. The third-order valence-electron chi connectivity index (χ3n) is 3.60. The molecule has 0 unspecified atom stereocenters. The van der Waals surface area contributed by atoms with Crippen molar-refractivity contribution < 1.29 is 8.83 Å². The summed E-state index contributed by atoms with van der Waals surface area (Å²) in [6.07, 6.45) is 3.31. The van der Waals surface area contributed by atoms with Gasteiger partial charge in [-0.25, -0.2) is 4.98 Å². The van der Waals surface area contributed by atoms with Crippen LogP contribution in [0.4, 0.5) is 0 Å². The van der Waals surface area contributed by atoms with Crippen LogP contribution in [0.15, 0.2) is 75.1 Å². The van der Waals surface area contributed by atoms with Gasteiger partial charge in [-0.3, -0.25) is 0 Å². The molecule has 4 rings (SSSR count). The Labute approximate surface area is 148 Å². The number of furan rings is 2. The number of nitriles is 1. The Morgan fingerprint density at radius 2 is 1.92 bits per heavy atom. The highest BCUT2D eigenvalue weighted by Crippen LogP contribution is 2.29. The molecule has 4 nitrogen and oxygen atoms in total. The molecule has 0 radical (unpaired) electrons. The first-order chi connectivity index (χ1) is 12.3. The van der Waals surface area contributed by atoms with Crippen LogP contribution in [0.1, 0.15) is 10.8 Å². The number of aromatic nitrogens is 1. The lowest BCUT2D eigenvalue weighted by molar-refractivity contribution is 0.572. The molecular weight excluding hydrogens is 332 g/mol. The van der Waals surface area contributed by atoms with Gasteiger partial charge in [0.2, 0.25) is 0 Å². The van der Waals surface area contributed by atoms with Gasteiger partial charge >= 0.3 is 0 Å². The maximum Gasteiger partial charge on any atom is 0.153 e. The van der Waals surface area contributed by atoms with Crippen LogP contribution in [0.5, 0.6) is 0 Å². The van der Waals surface area contributed by atoms with Gasteiger partial charge in [0.1, 0.15) is 28.3 Å². The average molecular weight is 344 g/mol. The highest BCUT2D eigenvalue weighted by atomic mass is 32.1. The van der Waals surface area contributed by atoms with Crippen molar-refractivity contribution in [2.75, 3.05) is 0 Å². The monoisotopic (exact) mass is 344 g/mol. The summed E-state index contributed by atoms with van der Waals surface area (Å²) in [6.45, 7) is 0. The molecule has 0 spiro atoms. The Bertz CT molecular complexity index is 1050. The van der Waals surface area contributed by atoms with Crippen molar-refractivity contribution in [1.82, 2.24) is 4.98 Å². The van der Waals surface area contributed by atoms with Gasteiger partial charge in [0.25, 0.3) is 0 Å². The number of allylic oxidation sites excluding steroid dienone is 1. The van der Waals surface area contributed by atoms with E-state index in [1.54, 1.807) is 12.3 Å². The lowest BCUT2D eigenvalue weighted by Gasteiger charge is -1.95. The Balaban J connectivity index is 1.64. The summed E-state index contributed by atoms with van der Waals surface area (Å²) in [5.41, 5.74) is 2.17. The van der Waals surface area contributed by atoms with E-state index in [0.717, 1.165) is 17.0 Å². The van der Waals surface area contributed by atoms with E-state index in [-0.39, 0.29) is 0 Å². The lowest BCUT2D eigenvalue weighted by atomic mass is 10.2. The topological polar surface area (TPSA) is 63.0 Å². The third-order valence-corrected chi connectivity index (χ3v) is 4.48. The molecule has 0 N–H and O–H groups in total. The van der Waals surface area contributed by atoms with Crippen molar-refractivity contribution >= 4 is 23.0 Å². The Kier molecular flexibility index (Phi) is 4.03. The van der Waals surface area contributed by atoms with Crippen LogP contribution in [0.2, 0.25) is 0 Å². The summed E-state index contributed by atoms with van der Waals surface area (Å²) < 4.78 is 11.2. The van der Waals surface area contributed by atoms with E-state index in [4.69, 9.17) is 8.83 Å². The van der Waals surface area contributed by atoms with E-state index in [2.05, 4.69) is 11.1 Å². The molecule has 0 atom stereocenters. The Morgan fingerprint density at radius 3 is 2.68 bits per heavy atom. The second-order valence-electron chi connectivity index (χ2n) is 5.25. The van der Waals surface area contributed by atoms with Crippen LogP contribution < -0.4 is 0 Å². The second kappa shape index (κ2) is 6.63. The minimum Gasteiger partial charge on any atom is -0.463 e. The summed E-state index contributed by atoms with van der Waals surface area (Å²) in [4.78, 5) is 4.48. The van der Waals surface area contributed by atoms with Crippen LogP contribution in [0, 0.1) is 11.3 Å². The fourth-order valence-corrected chi connectivity index (χ4v) is 3.18. The quantitative estimate of drug-likeness (QED) is 0.444. The van der Waals surface area contributed by atoms with Crippen LogP contribution in [-0.4, -0.2) is 4.98 Å². The first-order valence-electron chi connectivity index (χ1n) is 7.60. The molecular formula is C20H12N2O2S. The number of nitrogens with zero attached hydrogens (tertiary/aromatic N) is 2. The molecule has 0 saturated heterocycles. The van der Waals surface area contributed by atoms with Gasteiger partial charge in [-0.05, 0) is 24.3 Å². The predicted octanol–water partition coefficient (Wildman–Crippen LogP) is 5.73. The van der Waals surface area contributed by atoms with Crippen molar-refractivity contribution in [3.05, 3.63) is 77.0 Å². The molecule has 0 aliphatic heterocycles. The number of benzene rings is 1. The summed E-state index contributed by atoms with van der Waals surface area (Å²) in [6, 6.07) is 19.4. The number of rotatable bonds is 4. The van der Waals surface area contributed by atoms with E-state index in [1.165, 1.54) is 11.3 Å². The van der Waals surface area contributed by atoms with Gasteiger partial charge < -0.3 is 8.83 Å². The molecule has 0 amide bonds. The molecule has 1 aromatic carbocycles. The largest absolute Gasteiger partial charge is 0.463 e. The summed E-state index contributed by atoms with van der Waals surface area (Å²) >= 11 is 1.40. The highest BCUT2D eigenvalue weighted by Gasteiger charge is 2.12. The molecule has 5 heteroatoms.